The lowest BCUT2D eigenvalue weighted by atomic mass is 9.76. The molecule has 10 nitrogen and oxygen atoms in total. The number of fused-ring (bicyclic) bond motifs is 10. The largest absolute Gasteiger partial charge is 0.469 e. The van der Waals surface area contributed by atoms with Crippen LogP contribution in [0.3, 0.4) is 0 Å². The number of benzene rings is 4. The molecule has 0 aliphatic carbocycles. The van der Waals surface area contributed by atoms with Crippen LogP contribution in [-0.4, -0.2) is 55.9 Å². The second kappa shape index (κ2) is 16.3. The number of carbonyl (C=O) groups is 1. The topological polar surface area (TPSA) is 114 Å². The van der Waals surface area contributed by atoms with Crippen molar-refractivity contribution in [1.29, 1.82) is 0 Å². The minimum Gasteiger partial charge on any atom is -0.469 e. The number of esters is 1. The van der Waals surface area contributed by atoms with Crippen molar-refractivity contribution < 1.29 is 35.5 Å². The predicted octanol–water partition coefficient (Wildman–Crippen LogP) is 9.37. The summed E-state index contributed by atoms with van der Waals surface area (Å²) >= 11 is 1.03. The summed E-state index contributed by atoms with van der Waals surface area (Å²) in [4.78, 5) is 17.7. The summed E-state index contributed by atoms with van der Waals surface area (Å²) < 4.78 is 101. The zero-order valence-corrected chi connectivity index (χ0v) is 35.4. The van der Waals surface area contributed by atoms with Gasteiger partial charge in [0.1, 0.15) is 11.6 Å². The van der Waals surface area contributed by atoms with Gasteiger partial charge in [0.2, 0.25) is 5.92 Å². The van der Waals surface area contributed by atoms with E-state index in [1.807, 2.05) is 18.2 Å². The van der Waals surface area contributed by atoms with Crippen LogP contribution < -0.4 is 0 Å². The summed E-state index contributed by atoms with van der Waals surface area (Å²) in [5.74, 6) is -5.00. The fourth-order valence-electron chi connectivity index (χ4n) is 7.89. The number of methoxy groups -OCH3 is 1. The van der Waals surface area contributed by atoms with E-state index in [9.17, 15) is 13.2 Å². The molecule has 0 spiro atoms. The van der Waals surface area contributed by atoms with E-state index in [1.165, 1.54) is 59.1 Å². The van der Waals surface area contributed by atoms with Gasteiger partial charge in [0.05, 0.1) is 51.6 Å². The van der Waals surface area contributed by atoms with Crippen molar-refractivity contribution in [2.24, 2.45) is 13.0 Å². The maximum Gasteiger partial charge on any atom is 0.308 e. The zero-order valence-electron chi connectivity index (χ0n) is 33.8. The first-order valence-electron chi connectivity index (χ1n) is 19.7. The van der Waals surface area contributed by atoms with Crippen LogP contribution in [0.1, 0.15) is 61.3 Å². The number of aryl methyl sites for hydroxylation is 2. The molecule has 0 N–H and O–H groups in total. The van der Waals surface area contributed by atoms with Crippen molar-refractivity contribution in [1.82, 2.24) is 28.5 Å². The first-order valence-corrected chi connectivity index (χ1v) is 21.9. The minimum absolute atomic E-state index is 0.0234. The molecule has 0 saturated carbocycles. The number of carbonyl (C=O) groups excluding carboxylic acids is 1. The van der Waals surface area contributed by atoms with Crippen LogP contribution in [0.25, 0.3) is 22.3 Å². The van der Waals surface area contributed by atoms with E-state index < -0.39 is 51.8 Å². The molecular formula is C45H42F4N6O4S2. The van der Waals surface area contributed by atoms with Gasteiger partial charge in [-0.25, -0.2) is 39.6 Å². The molecule has 0 saturated heterocycles. The first kappa shape index (κ1) is 42.0. The number of hydrogen-bond acceptors (Lipinski definition) is 8. The Labute approximate surface area is 354 Å². The number of alkyl halides is 2. The maximum atomic E-state index is 16.6. The highest BCUT2D eigenvalue weighted by Crippen LogP contribution is 2.43. The Hall–Kier alpha value is -5.74. The van der Waals surface area contributed by atoms with Crippen molar-refractivity contribution in [2.75, 3.05) is 7.11 Å². The third-order valence-electron chi connectivity index (χ3n) is 11.4. The Morgan fingerprint density at radius 3 is 2.48 bits per heavy atom. The Balaban J connectivity index is 1.26. The van der Waals surface area contributed by atoms with E-state index in [2.05, 4.69) is 5.10 Å². The molecule has 4 heterocycles. The fraction of sp³-hybridized carbons (Fsp3) is 0.289. The highest BCUT2D eigenvalue weighted by atomic mass is 32.2. The van der Waals surface area contributed by atoms with E-state index in [0.717, 1.165) is 21.3 Å². The average Bonchev–Trinajstić information content (AvgIpc) is 4.00. The molecule has 7 aromatic rings. The van der Waals surface area contributed by atoms with Gasteiger partial charge in [-0.05, 0) is 85.3 Å². The molecule has 8 rings (SSSR count). The molecule has 1 unspecified atom stereocenters. The van der Waals surface area contributed by atoms with Gasteiger partial charge in [-0.15, -0.1) is 0 Å². The quantitative estimate of drug-likeness (QED) is 0.120. The van der Waals surface area contributed by atoms with Crippen LogP contribution >= 0.6 is 11.8 Å². The number of ether oxygens (including phenoxy) is 1. The summed E-state index contributed by atoms with van der Waals surface area (Å²) in [6.45, 7) is 3.51. The van der Waals surface area contributed by atoms with Gasteiger partial charge >= 0.3 is 5.97 Å². The summed E-state index contributed by atoms with van der Waals surface area (Å²) in [5.41, 5.74) is 1.20. The van der Waals surface area contributed by atoms with Crippen LogP contribution in [0, 0.1) is 17.6 Å². The van der Waals surface area contributed by atoms with Gasteiger partial charge in [-0.1, -0.05) is 61.2 Å². The van der Waals surface area contributed by atoms with Crippen molar-refractivity contribution in [3.05, 3.63) is 143 Å². The SMILES string of the molecule is COC(=O)[C@H](C)Cc1cccc(C2(C)CCC(F)(F)CCc3ccn(n3)Cc3c(c(F)cc4c3ccn4S(=O)(=O)c3ccccc3)Sc3ccc(F)c(c3)-c3nc2nn3C)c1. The lowest BCUT2D eigenvalue weighted by Gasteiger charge is -2.30. The highest BCUT2D eigenvalue weighted by molar-refractivity contribution is 7.99. The molecule has 1 aliphatic rings. The molecule has 0 fully saturated rings. The molecule has 6 bridgehead atoms. The van der Waals surface area contributed by atoms with Crippen molar-refractivity contribution in [3.63, 3.8) is 0 Å². The number of rotatable bonds is 6. The highest BCUT2D eigenvalue weighted by Gasteiger charge is 2.39. The Morgan fingerprint density at radius 2 is 1.70 bits per heavy atom. The number of hydrogen-bond donors (Lipinski definition) is 0. The Kier molecular flexibility index (Phi) is 11.2. The summed E-state index contributed by atoms with van der Waals surface area (Å²) in [5, 5.41) is 9.74. The van der Waals surface area contributed by atoms with Crippen LogP contribution in [0.5, 0.6) is 0 Å². The second-order valence-corrected chi connectivity index (χ2v) is 18.6. The molecule has 4 aromatic carbocycles. The smallest absolute Gasteiger partial charge is 0.308 e. The average molecular weight is 871 g/mol. The van der Waals surface area contributed by atoms with Gasteiger partial charge in [0, 0.05) is 48.6 Å². The molecule has 3 aromatic heterocycles. The van der Waals surface area contributed by atoms with E-state index in [0.29, 0.717) is 33.5 Å². The molecule has 316 valence electrons. The molecule has 16 heteroatoms. The lowest BCUT2D eigenvalue weighted by molar-refractivity contribution is -0.144. The van der Waals surface area contributed by atoms with Crippen LogP contribution in [0.15, 0.2) is 118 Å². The summed E-state index contributed by atoms with van der Waals surface area (Å²) in [6.07, 6.45) is 2.17. The number of halogens is 4. The Bertz CT molecular complexity index is 2890. The van der Waals surface area contributed by atoms with Crippen molar-refractivity contribution in [2.45, 2.75) is 78.5 Å². The maximum absolute atomic E-state index is 16.6. The van der Waals surface area contributed by atoms with Gasteiger partial charge in [0.25, 0.3) is 10.0 Å². The normalized spacial score (nSPS) is 17.5. The standard InChI is InChI=1S/C45H42F4N6O4S2/c1-28(42(56)59-4)23-29-9-8-10-30(24-29)44(2)19-20-45(48,49)18-15-31-16-21-54(51-31)27-36-34-17-22-55(61(57,58)33-11-6-5-7-12-33)39(34)26-38(47)40(36)60-32-13-14-37(46)35(25-32)41-50-43(44)52-53(41)3/h5-14,16-17,21-22,24-26,28H,15,18-20,23,27H2,1-4H3/t28-,44?/m1/s1. The fourth-order valence-corrected chi connectivity index (χ4v) is 10.3. The minimum atomic E-state index is -4.12. The van der Waals surface area contributed by atoms with E-state index in [4.69, 9.17) is 14.8 Å². The Morgan fingerprint density at radius 1 is 0.918 bits per heavy atom. The third kappa shape index (κ3) is 8.22. The van der Waals surface area contributed by atoms with Gasteiger partial charge in [-0.2, -0.15) is 10.2 Å². The lowest BCUT2D eigenvalue weighted by Crippen LogP contribution is -2.30. The summed E-state index contributed by atoms with van der Waals surface area (Å²) in [6, 6.07) is 23.8. The van der Waals surface area contributed by atoms with E-state index in [1.54, 1.807) is 63.5 Å². The number of aromatic nitrogens is 6. The first-order chi connectivity index (χ1) is 29.1. The van der Waals surface area contributed by atoms with Gasteiger partial charge in [-0.3, -0.25) is 9.48 Å². The number of nitrogens with zero attached hydrogens (tertiary/aromatic N) is 6. The van der Waals surface area contributed by atoms with Crippen LogP contribution in [-0.2, 0) is 51.4 Å². The molecule has 1 aliphatic heterocycles. The van der Waals surface area contributed by atoms with Gasteiger partial charge < -0.3 is 4.74 Å². The molecule has 2 atom stereocenters. The van der Waals surface area contributed by atoms with E-state index in [-0.39, 0.29) is 57.9 Å². The van der Waals surface area contributed by atoms with Crippen molar-refractivity contribution >= 4 is 38.7 Å². The van der Waals surface area contributed by atoms with Crippen LogP contribution in [0.4, 0.5) is 17.6 Å². The summed E-state index contributed by atoms with van der Waals surface area (Å²) in [7, 11) is -1.20. The molecular weight excluding hydrogens is 829 g/mol. The van der Waals surface area contributed by atoms with E-state index >= 15 is 17.6 Å². The zero-order chi connectivity index (χ0) is 43.3. The monoisotopic (exact) mass is 870 g/mol. The van der Waals surface area contributed by atoms with Crippen molar-refractivity contribution in [3.8, 4) is 11.4 Å². The third-order valence-corrected chi connectivity index (χ3v) is 14.2. The molecule has 0 radical (unpaired) electrons. The van der Waals surface area contributed by atoms with Crippen LogP contribution in [0.2, 0.25) is 0 Å². The van der Waals surface area contributed by atoms with Gasteiger partial charge in [0.15, 0.2) is 11.6 Å². The molecule has 61 heavy (non-hydrogen) atoms. The predicted molar refractivity (Wildman–Crippen MR) is 223 cm³/mol. The second-order valence-electron chi connectivity index (χ2n) is 15.7. The molecule has 0 amide bonds.